The first kappa shape index (κ1) is 13.3. The lowest BCUT2D eigenvalue weighted by Crippen LogP contribution is -2.48. The molecule has 0 aromatic heterocycles. The molecule has 0 spiro atoms. The molecule has 2 bridgehead atoms. The predicted octanol–water partition coefficient (Wildman–Crippen LogP) is 1.08. The van der Waals surface area contributed by atoms with Gasteiger partial charge in [0, 0.05) is 25.8 Å². The number of methoxy groups -OCH3 is 1. The summed E-state index contributed by atoms with van der Waals surface area (Å²) in [4.78, 5) is 0. The van der Waals surface area contributed by atoms with Crippen molar-refractivity contribution in [1.29, 1.82) is 0 Å². The summed E-state index contributed by atoms with van der Waals surface area (Å²) in [5.41, 5.74) is -0.443. The van der Waals surface area contributed by atoms with Crippen molar-refractivity contribution in [3.05, 3.63) is 0 Å². The molecule has 2 unspecified atom stereocenters. The molecular formula is C13H25NO3. The van der Waals surface area contributed by atoms with Crippen LogP contribution in [0.1, 0.15) is 38.5 Å². The van der Waals surface area contributed by atoms with Gasteiger partial charge < -0.3 is 19.9 Å². The molecule has 100 valence electrons. The lowest BCUT2D eigenvalue weighted by molar-refractivity contribution is -0.0231. The Kier molecular flexibility index (Phi) is 4.79. The summed E-state index contributed by atoms with van der Waals surface area (Å²) >= 11 is 0. The van der Waals surface area contributed by atoms with Crippen LogP contribution in [0.15, 0.2) is 0 Å². The molecule has 0 radical (unpaired) electrons. The van der Waals surface area contributed by atoms with Gasteiger partial charge in [0.25, 0.3) is 0 Å². The Morgan fingerprint density at radius 3 is 2.53 bits per heavy atom. The van der Waals surface area contributed by atoms with Crippen LogP contribution in [0.5, 0.6) is 0 Å². The molecule has 2 atom stereocenters. The molecule has 0 aromatic carbocycles. The van der Waals surface area contributed by atoms with Gasteiger partial charge in [-0.3, -0.25) is 0 Å². The molecule has 2 heterocycles. The molecule has 0 amide bonds. The van der Waals surface area contributed by atoms with Crippen molar-refractivity contribution in [2.24, 2.45) is 0 Å². The standard InChI is InChI=1S/C13H25NO3/c1-16-7-8-17-6-2-5-13(15)9-11-3-4-12(10-13)14-11/h11-12,14-15H,2-10H2,1H3. The summed E-state index contributed by atoms with van der Waals surface area (Å²) in [6.07, 6.45) is 6.12. The molecule has 2 saturated heterocycles. The first-order valence-electron chi connectivity index (χ1n) is 6.77. The van der Waals surface area contributed by atoms with Crippen LogP contribution in [0.3, 0.4) is 0 Å². The summed E-state index contributed by atoms with van der Waals surface area (Å²) in [5, 5.41) is 14.1. The third-order valence-corrected chi connectivity index (χ3v) is 3.95. The van der Waals surface area contributed by atoms with E-state index in [4.69, 9.17) is 9.47 Å². The van der Waals surface area contributed by atoms with Crippen LogP contribution >= 0.6 is 0 Å². The van der Waals surface area contributed by atoms with Crippen LogP contribution in [-0.2, 0) is 9.47 Å². The fourth-order valence-electron chi connectivity index (χ4n) is 3.18. The average Bonchev–Trinajstić information content (AvgIpc) is 2.64. The highest BCUT2D eigenvalue weighted by atomic mass is 16.5. The zero-order valence-electron chi connectivity index (χ0n) is 10.8. The molecule has 0 aromatic rings. The third kappa shape index (κ3) is 3.91. The smallest absolute Gasteiger partial charge is 0.0700 e. The van der Waals surface area contributed by atoms with Crippen molar-refractivity contribution in [1.82, 2.24) is 5.32 Å². The summed E-state index contributed by atoms with van der Waals surface area (Å²) in [6.45, 7) is 2.04. The van der Waals surface area contributed by atoms with E-state index < -0.39 is 5.60 Å². The minimum Gasteiger partial charge on any atom is -0.390 e. The number of hydrogen-bond donors (Lipinski definition) is 2. The van der Waals surface area contributed by atoms with Crippen LogP contribution in [0.25, 0.3) is 0 Å². The van der Waals surface area contributed by atoms with Crippen LogP contribution < -0.4 is 5.32 Å². The van der Waals surface area contributed by atoms with E-state index in [-0.39, 0.29) is 0 Å². The van der Waals surface area contributed by atoms with E-state index in [1.54, 1.807) is 7.11 Å². The van der Waals surface area contributed by atoms with Gasteiger partial charge in [-0.25, -0.2) is 0 Å². The maximum absolute atomic E-state index is 10.5. The summed E-state index contributed by atoms with van der Waals surface area (Å²) < 4.78 is 10.3. The molecule has 2 aliphatic rings. The Hall–Kier alpha value is -0.160. The Balaban J connectivity index is 1.61. The average molecular weight is 243 g/mol. The first-order chi connectivity index (χ1) is 8.22. The Labute approximate surface area is 104 Å². The summed E-state index contributed by atoms with van der Waals surface area (Å²) in [5.74, 6) is 0. The molecule has 2 N–H and O–H groups in total. The lowest BCUT2D eigenvalue weighted by Gasteiger charge is -2.37. The second-order valence-corrected chi connectivity index (χ2v) is 5.48. The third-order valence-electron chi connectivity index (χ3n) is 3.95. The molecule has 0 saturated carbocycles. The largest absolute Gasteiger partial charge is 0.390 e. The van der Waals surface area contributed by atoms with Crippen LogP contribution in [-0.4, -0.2) is 49.7 Å². The summed E-state index contributed by atoms with van der Waals surface area (Å²) in [6, 6.07) is 1.10. The molecule has 17 heavy (non-hydrogen) atoms. The molecule has 2 fully saturated rings. The van der Waals surface area contributed by atoms with Gasteiger partial charge in [0.1, 0.15) is 0 Å². The van der Waals surface area contributed by atoms with E-state index >= 15 is 0 Å². The first-order valence-corrected chi connectivity index (χ1v) is 6.77. The van der Waals surface area contributed by atoms with Crippen LogP contribution in [0.2, 0.25) is 0 Å². The van der Waals surface area contributed by atoms with Crippen LogP contribution in [0, 0.1) is 0 Å². The molecule has 4 heteroatoms. The number of hydrogen-bond acceptors (Lipinski definition) is 4. The van der Waals surface area contributed by atoms with Gasteiger partial charge in [-0.05, 0) is 38.5 Å². The Bertz CT molecular complexity index is 223. The zero-order valence-corrected chi connectivity index (χ0v) is 10.8. The van der Waals surface area contributed by atoms with E-state index in [0.717, 1.165) is 32.3 Å². The highest BCUT2D eigenvalue weighted by Gasteiger charge is 2.41. The van der Waals surface area contributed by atoms with Crippen molar-refractivity contribution >= 4 is 0 Å². The lowest BCUT2D eigenvalue weighted by atomic mass is 9.84. The van der Waals surface area contributed by atoms with Gasteiger partial charge in [0.15, 0.2) is 0 Å². The van der Waals surface area contributed by atoms with Gasteiger partial charge in [-0.1, -0.05) is 0 Å². The molecular weight excluding hydrogens is 218 g/mol. The van der Waals surface area contributed by atoms with E-state index in [9.17, 15) is 5.11 Å². The van der Waals surface area contributed by atoms with Crippen molar-refractivity contribution in [2.45, 2.75) is 56.2 Å². The Morgan fingerprint density at radius 1 is 1.18 bits per heavy atom. The Morgan fingerprint density at radius 2 is 1.88 bits per heavy atom. The van der Waals surface area contributed by atoms with Crippen molar-refractivity contribution < 1.29 is 14.6 Å². The monoisotopic (exact) mass is 243 g/mol. The molecule has 0 aliphatic carbocycles. The van der Waals surface area contributed by atoms with E-state index in [1.165, 1.54) is 12.8 Å². The van der Waals surface area contributed by atoms with Crippen molar-refractivity contribution in [2.75, 3.05) is 26.9 Å². The number of piperidine rings is 1. The van der Waals surface area contributed by atoms with Crippen LogP contribution in [0.4, 0.5) is 0 Å². The number of ether oxygens (including phenoxy) is 2. The van der Waals surface area contributed by atoms with E-state index in [2.05, 4.69) is 5.32 Å². The maximum Gasteiger partial charge on any atom is 0.0700 e. The SMILES string of the molecule is COCCOCCCC1(O)CC2CCC(C1)N2. The second kappa shape index (κ2) is 6.14. The predicted molar refractivity (Wildman–Crippen MR) is 66.1 cm³/mol. The van der Waals surface area contributed by atoms with Gasteiger partial charge in [0.2, 0.25) is 0 Å². The molecule has 2 rings (SSSR count). The zero-order chi connectivity index (χ0) is 12.1. The van der Waals surface area contributed by atoms with Gasteiger partial charge >= 0.3 is 0 Å². The number of nitrogens with one attached hydrogen (secondary N) is 1. The van der Waals surface area contributed by atoms with Crippen molar-refractivity contribution in [3.63, 3.8) is 0 Å². The fraction of sp³-hybridized carbons (Fsp3) is 1.00. The minimum atomic E-state index is -0.443. The van der Waals surface area contributed by atoms with Crippen molar-refractivity contribution in [3.8, 4) is 0 Å². The number of aliphatic hydroxyl groups is 1. The van der Waals surface area contributed by atoms with E-state index in [0.29, 0.717) is 25.3 Å². The maximum atomic E-state index is 10.5. The number of rotatable bonds is 7. The summed E-state index contributed by atoms with van der Waals surface area (Å²) in [7, 11) is 1.68. The fourth-order valence-corrected chi connectivity index (χ4v) is 3.18. The quantitative estimate of drug-likeness (QED) is 0.657. The molecule has 2 aliphatic heterocycles. The normalized spacial score (nSPS) is 36.4. The topological polar surface area (TPSA) is 50.7 Å². The second-order valence-electron chi connectivity index (χ2n) is 5.48. The highest BCUT2D eigenvalue weighted by Crippen LogP contribution is 2.36. The van der Waals surface area contributed by atoms with E-state index in [1.807, 2.05) is 0 Å². The minimum absolute atomic E-state index is 0.443. The van der Waals surface area contributed by atoms with Gasteiger partial charge in [0.05, 0.1) is 18.8 Å². The van der Waals surface area contributed by atoms with Gasteiger partial charge in [-0.15, -0.1) is 0 Å². The number of fused-ring (bicyclic) bond motifs is 2. The highest BCUT2D eigenvalue weighted by molar-refractivity contribution is 4.99. The van der Waals surface area contributed by atoms with Gasteiger partial charge in [-0.2, -0.15) is 0 Å². The molecule has 4 nitrogen and oxygen atoms in total.